The standard InChI is InChI=1S/2C8H8O3S.C8H8.Na/c2*9-12(10,11)7-6-8-4-2-1-3-5-8;1-2-8-6-4-3-5-7-8;/h2*1-7H,(H,9,10,11);2-7H,1H2;/q;;;+1/p-1. The summed E-state index contributed by atoms with van der Waals surface area (Å²) < 4.78 is 59.4. The molecular weight excluding hydrogens is 471 g/mol. The van der Waals surface area contributed by atoms with Crippen molar-refractivity contribution in [1.82, 2.24) is 0 Å². The van der Waals surface area contributed by atoms with Crippen LogP contribution < -0.4 is 29.6 Å². The fourth-order valence-electron chi connectivity index (χ4n) is 2.04. The molecule has 0 atom stereocenters. The van der Waals surface area contributed by atoms with Crippen molar-refractivity contribution >= 4 is 38.5 Å². The molecule has 3 rings (SSSR count). The van der Waals surface area contributed by atoms with E-state index in [4.69, 9.17) is 4.55 Å². The molecular formula is C24H23NaO6S2. The molecule has 0 aliphatic carbocycles. The summed E-state index contributed by atoms with van der Waals surface area (Å²) in [6.45, 7) is 3.63. The van der Waals surface area contributed by atoms with Crippen LogP contribution in [0.5, 0.6) is 0 Å². The maximum Gasteiger partial charge on any atom is 1.00 e. The van der Waals surface area contributed by atoms with Gasteiger partial charge in [0.25, 0.3) is 10.1 Å². The van der Waals surface area contributed by atoms with Crippen LogP contribution in [0.2, 0.25) is 0 Å². The molecule has 3 aromatic rings. The van der Waals surface area contributed by atoms with E-state index in [2.05, 4.69) is 6.58 Å². The van der Waals surface area contributed by atoms with Crippen molar-refractivity contribution < 1.29 is 55.5 Å². The summed E-state index contributed by atoms with van der Waals surface area (Å²) in [7, 11) is -8.26. The van der Waals surface area contributed by atoms with E-state index in [1.54, 1.807) is 48.5 Å². The molecule has 0 bridgehead atoms. The van der Waals surface area contributed by atoms with Gasteiger partial charge in [0.05, 0.1) is 5.41 Å². The fourth-order valence-corrected chi connectivity index (χ4v) is 2.70. The third-order valence-corrected chi connectivity index (χ3v) is 4.44. The molecule has 0 radical (unpaired) electrons. The Bertz CT molecular complexity index is 1130. The topological polar surface area (TPSA) is 112 Å². The Balaban J connectivity index is 0.000000468. The van der Waals surface area contributed by atoms with E-state index in [0.29, 0.717) is 11.0 Å². The van der Waals surface area contributed by atoms with E-state index >= 15 is 0 Å². The molecule has 0 saturated heterocycles. The number of hydrogen-bond donors (Lipinski definition) is 1. The van der Waals surface area contributed by atoms with Gasteiger partial charge >= 0.3 is 29.6 Å². The summed E-state index contributed by atoms with van der Waals surface area (Å²) in [4.78, 5) is 0. The van der Waals surface area contributed by atoms with Gasteiger partial charge in [0.2, 0.25) is 0 Å². The Morgan fingerprint density at radius 2 is 0.970 bits per heavy atom. The monoisotopic (exact) mass is 494 g/mol. The van der Waals surface area contributed by atoms with E-state index in [1.165, 1.54) is 17.7 Å². The van der Waals surface area contributed by atoms with Gasteiger partial charge in [-0.15, -0.1) is 0 Å². The van der Waals surface area contributed by atoms with Crippen molar-refractivity contribution in [2.45, 2.75) is 0 Å². The van der Waals surface area contributed by atoms with Crippen LogP contribution in [0.25, 0.3) is 18.2 Å². The zero-order valence-corrected chi connectivity index (χ0v) is 21.7. The maximum absolute atomic E-state index is 10.3. The SMILES string of the molecule is C=Cc1ccccc1.O=S(=O)(O)C=Cc1ccccc1.O=S(=O)([O-])C=Cc1ccccc1.[Na+]. The zero-order valence-electron chi connectivity index (χ0n) is 18.1. The summed E-state index contributed by atoms with van der Waals surface area (Å²) in [6.07, 6.45) is 4.43. The molecule has 0 aromatic heterocycles. The Kier molecular flexibility index (Phi) is 15.2. The van der Waals surface area contributed by atoms with Gasteiger partial charge in [-0.05, 0) is 28.8 Å². The summed E-state index contributed by atoms with van der Waals surface area (Å²) in [5, 5.41) is 1.39. The summed E-state index contributed by atoms with van der Waals surface area (Å²) in [5.41, 5.74) is 2.60. The zero-order chi connectivity index (χ0) is 23.9. The summed E-state index contributed by atoms with van der Waals surface area (Å²) >= 11 is 0. The minimum atomic E-state index is -4.25. The Morgan fingerprint density at radius 3 is 1.24 bits per heavy atom. The quantitative estimate of drug-likeness (QED) is 0.429. The van der Waals surface area contributed by atoms with Crippen LogP contribution in [-0.2, 0) is 20.2 Å². The Hall–Kier alpha value is -2.30. The van der Waals surface area contributed by atoms with Gasteiger partial charge in [0.15, 0.2) is 0 Å². The molecule has 1 N–H and O–H groups in total. The van der Waals surface area contributed by atoms with Crippen molar-refractivity contribution in [2.75, 3.05) is 0 Å². The average Bonchev–Trinajstić information content (AvgIpc) is 2.78. The number of rotatable bonds is 5. The van der Waals surface area contributed by atoms with Crippen LogP contribution in [0.1, 0.15) is 16.7 Å². The second-order valence-electron chi connectivity index (χ2n) is 6.05. The molecule has 9 heteroatoms. The first-order chi connectivity index (χ1) is 15.1. The molecule has 0 aliphatic rings. The van der Waals surface area contributed by atoms with E-state index in [1.807, 2.05) is 48.5 Å². The van der Waals surface area contributed by atoms with E-state index in [-0.39, 0.29) is 29.6 Å². The van der Waals surface area contributed by atoms with Gasteiger partial charge in [-0.1, -0.05) is 104 Å². The number of hydrogen-bond acceptors (Lipinski definition) is 5. The smallest absolute Gasteiger partial charge is 0.744 e. The van der Waals surface area contributed by atoms with Crippen LogP contribution in [0.4, 0.5) is 0 Å². The molecule has 0 saturated carbocycles. The van der Waals surface area contributed by atoms with Crippen molar-refractivity contribution in [3.05, 3.63) is 125 Å². The molecule has 0 aliphatic heterocycles. The third-order valence-electron chi connectivity index (χ3n) is 3.49. The molecule has 3 aromatic carbocycles. The maximum atomic E-state index is 10.3. The van der Waals surface area contributed by atoms with Crippen molar-refractivity contribution in [3.8, 4) is 0 Å². The normalized spacial score (nSPS) is 10.8. The van der Waals surface area contributed by atoms with E-state index in [0.717, 1.165) is 11.0 Å². The van der Waals surface area contributed by atoms with Gasteiger partial charge in [-0.25, -0.2) is 8.42 Å². The molecule has 6 nitrogen and oxygen atoms in total. The molecule has 0 heterocycles. The van der Waals surface area contributed by atoms with Gasteiger partial charge in [-0.2, -0.15) is 8.42 Å². The molecule has 0 unspecified atom stereocenters. The Labute approximate surface area is 217 Å². The Morgan fingerprint density at radius 1 is 0.636 bits per heavy atom. The van der Waals surface area contributed by atoms with Crippen molar-refractivity contribution in [2.24, 2.45) is 0 Å². The largest absolute Gasteiger partial charge is 1.00 e. The van der Waals surface area contributed by atoms with Crippen molar-refractivity contribution in [1.29, 1.82) is 0 Å². The molecule has 0 fully saturated rings. The average molecular weight is 495 g/mol. The van der Waals surface area contributed by atoms with Crippen LogP contribution in [-0.4, -0.2) is 25.9 Å². The summed E-state index contributed by atoms with van der Waals surface area (Å²) in [5.74, 6) is 0. The first-order valence-corrected chi connectivity index (χ1v) is 12.1. The predicted molar refractivity (Wildman–Crippen MR) is 129 cm³/mol. The minimum absolute atomic E-state index is 0. The van der Waals surface area contributed by atoms with Crippen LogP contribution in [0.3, 0.4) is 0 Å². The molecule has 168 valence electrons. The van der Waals surface area contributed by atoms with Gasteiger partial charge in [-0.3, -0.25) is 4.55 Å². The molecule has 0 amide bonds. The number of benzene rings is 3. The third kappa shape index (κ3) is 17.9. The van der Waals surface area contributed by atoms with E-state index in [9.17, 15) is 21.4 Å². The van der Waals surface area contributed by atoms with Gasteiger partial charge < -0.3 is 4.55 Å². The van der Waals surface area contributed by atoms with Crippen molar-refractivity contribution in [3.63, 3.8) is 0 Å². The predicted octanol–water partition coefficient (Wildman–Crippen LogP) is 2.08. The van der Waals surface area contributed by atoms with Crippen LogP contribution >= 0.6 is 0 Å². The molecule has 0 spiro atoms. The summed E-state index contributed by atoms with van der Waals surface area (Å²) in [6, 6.07) is 27.6. The first-order valence-electron chi connectivity index (χ1n) is 9.16. The van der Waals surface area contributed by atoms with Gasteiger partial charge in [0, 0.05) is 5.41 Å². The van der Waals surface area contributed by atoms with Crippen LogP contribution in [0.15, 0.2) is 108 Å². The van der Waals surface area contributed by atoms with Gasteiger partial charge in [0.1, 0.15) is 10.1 Å². The second kappa shape index (κ2) is 16.3. The first kappa shape index (κ1) is 30.7. The van der Waals surface area contributed by atoms with E-state index < -0.39 is 20.2 Å². The fraction of sp³-hybridized carbons (Fsp3) is 0. The molecule has 33 heavy (non-hydrogen) atoms. The second-order valence-corrected chi connectivity index (χ2v) is 8.61. The minimum Gasteiger partial charge on any atom is -0.744 e. The van der Waals surface area contributed by atoms with Crippen LogP contribution in [0, 0.1) is 0 Å².